The molecule has 0 saturated heterocycles. The minimum absolute atomic E-state index is 0.0375. The highest BCUT2D eigenvalue weighted by Gasteiger charge is 2.29. The van der Waals surface area contributed by atoms with Crippen molar-refractivity contribution in [1.29, 1.82) is 0 Å². The lowest BCUT2D eigenvalue weighted by Gasteiger charge is -2.12. The highest BCUT2D eigenvalue weighted by molar-refractivity contribution is 5.88. The number of ether oxygens (including phenoxy) is 1. The van der Waals surface area contributed by atoms with Crippen molar-refractivity contribution < 1.29 is 27.8 Å². The van der Waals surface area contributed by atoms with Gasteiger partial charge in [-0.05, 0) is 43.7 Å². The number of benzene rings is 1. The highest BCUT2D eigenvalue weighted by atomic mass is 19.4. The minimum atomic E-state index is -4.54. The van der Waals surface area contributed by atoms with Crippen LogP contribution in [0.4, 0.5) is 30.8 Å². The van der Waals surface area contributed by atoms with Gasteiger partial charge in [0.1, 0.15) is 0 Å². The molecule has 32 heavy (non-hydrogen) atoms. The van der Waals surface area contributed by atoms with E-state index in [1.54, 1.807) is 0 Å². The molecule has 0 saturated carbocycles. The van der Waals surface area contributed by atoms with E-state index in [-0.39, 0.29) is 17.5 Å². The Morgan fingerprint density at radius 2 is 1.59 bits per heavy atom. The zero-order valence-electron chi connectivity index (χ0n) is 17.5. The SMILES string of the molecule is NCCCCCCCCNc1nc(Nc2ccc(C(=O)O)cc2)nc(OCC(F)(F)F)n1. The van der Waals surface area contributed by atoms with Gasteiger partial charge in [-0.1, -0.05) is 25.7 Å². The summed E-state index contributed by atoms with van der Waals surface area (Å²) in [6.45, 7) is -0.307. The van der Waals surface area contributed by atoms with Crippen LogP contribution in [0.3, 0.4) is 0 Å². The van der Waals surface area contributed by atoms with Gasteiger partial charge in [-0.3, -0.25) is 0 Å². The molecule has 1 heterocycles. The lowest BCUT2D eigenvalue weighted by atomic mass is 10.1. The molecule has 0 radical (unpaired) electrons. The zero-order chi connectivity index (χ0) is 23.4. The first-order valence-electron chi connectivity index (χ1n) is 10.3. The molecule has 0 spiro atoms. The van der Waals surface area contributed by atoms with Crippen molar-refractivity contribution in [3.05, 3.63) is 29.8 Å². The van der Waals surface area contributed by atoms with Gasteiger partial charge in [0.2, 0.25) is 11.9 Å². The Morgan fingerprint density at radius 3 is 2.22 bits per heavy atom. The van der Waals surface area contributed by atoms with Crippen LogP contribution in [-0.4, -0.2) is 51.9 Å². The third-order valence-corrected chi connectivity index (χ3v) is 4.28. The van der Waals surface area contributed by atoms with Gasteiger partial charge in [0.05, 0.1) is 5.56 Å². The number of anilines is 3. The van der Waals surface area contributed by atoms with Crippen molar-refractivity contribution in [2.24, 2.45) is 5.73 Å². The second kappa shape index (κ2) is 12.6. The van der Waals surface area contributed by atoms with E-state index in [0.717, 1.165) is 38.5 Å². The second-order valence-electron chi connectivity index (χ2n) is 7.01. The summed E-state index contributed by atoms with van der Waals surface area (Å²) in [5.74, 6) is -1.04. The third-order valence-electron chi connectivity index (χ3n) is 4.28. The zero-order valence-corrected chi connectivity index (χ0v) is 17.5. The van der Waals surface area contributed by atoms with Gasteiger partial charge in [0.15, 0.2) is 6.61 Å². The fourth-order valence-electron chi connectivity index (χ4n) is 2.70. The van der Waals surface area contributed by atoms with E-state index in [4.69, 9.17) is 10.8 Å². The number of hydrogen-bond acceptors (Lipinski definition) is 8. The molecule has 0 aliphatic carbocycles. The standard InChI is InChI=1S/C20H27F3N6O3/c21-20(22,23)13-32-19-28-17(25-12-6-4-2-1-3-5-11-24)27-18(29-19)26-15-9-7-14(8-10-15)16(30)31/h7-10H,1-6,11-13,24H2,(H,30,31)(H2,25,26,27,28,29). The molecule has 1 aromatic carbocycles. The van der Waals surface area contributed by atoms with E-state index in [9.17, 15) is 18.0 Å². The maximum absolute atomic E-state index is 12.5. The monoisotopic (exact) mass is 456 g/mol. The third kappa shape index (κ3) is 9.77. The van der Waals surface area contributed by atoms with Crippen LogP contribution in [0.1, 0.15) is 48.9 Å². The summed E-state index contributed by atoms with van der Waals surface area (Å²) in [6, 6.07) is 5.24. The minimum Gasteiger partial charge on any atom is -0.478 e. The van der Waals surface area contributed by atoms with Crippen LogP contribution in [0.5, 0.6) is 6.01 Å². The number of nitrogens with one attached hydrogen (secondary N) is 2. The molecule has 0 unspecified atom stereocenters. The second-order valence-corrected chi connectivity index (χ2v) is 7.01. The molecule has 2 rings (SSSR count). The average Bonchev–Trinajstić information content (AvgIpc) is 2.74. The summed E-state index contributed by atoms with van der Waals surface area (Å²) in [5.41, 5.74) is 6.00. The van der Waals surface area contributed by atoms with E-state index in [2.05, 4.69) is 30.3 Å². The average molecular weight is 456 g/mol. The first-order chi connectivity index (χ1) is 15.3. The van der Waals surface area contributed by atoms with Gasteiger partial charge in [0, 0.05) is 12.2 Å². The van der Waals surface area contributed by atoms with Crippen LogP contribution < -0.4 is 21.1 Å². The summed E-state index contributed by atoms with van der Waals surface area (Å²) >= 11 is 0. The van der Waals surface area contributed by atoms with Gasteiger partial charge < -0.3 is 26.2 Å². The van der Waals surface area contributed by atoms with E-state index >= 15 is 0 Å². The summed E-state index contributed by atoms with van der Waals surface area (Å²) in [4.78, 5) is 22.8. The van der Waals surface area contributed by atoms with E-state index in [1.807, 2.05) is 0 Å². The van der Waals surface area contributed by atoms with Crippen molar-refractivity contribution in [2.45, 2.75) is 44.7 Å². The van der Waals surface area contributed by atoms with Crippen LogP contribution in [0, 0.1) is 0 Å². The topological polar surface area (TPSA) is 135 Å². The Balaban J connectivity index is 2.00. The van der Waals surface area contributed by atoms with Gasteiger partial charge in [0.25, 0.3) is 0 Å². The van der Waals surface area contributed by atoms with Crippen molar-refractivity contribution >= 4 is 23.6 Å². The van der Waals surface area contributed by atoms with E-state index < -0.39 is 24.8 Å². The van der Waals surface area contributed by atoms with Crippen LogP contribution in [0.2, 0.25) is 0 Å². The molecule has 5 N–H and O–H groups in total. The molecule has 0 aliphatic heterocycles. The van der Waals surface area contributed by atoms with Crippen LogP contribution in [0.15, 0.2) is 24.3 Å². The molecule has 1 aromatic heterocycles. The molecule has 0 amide bonds. The molecule has 0 bridgehead atoms. The number of aromatic nitrogens is 3. The van der Waals surface area contributed by atoms with Crippen molar-refractivity contribution in [2.75, 3.05) is 30.3 Å². The Kier molecular flexibility index (Phi) is 9.92. The van der Waals surface area contributed by atoms with Gasteiger partial charge in [-0.15, -0.1) is 0 Å². The quantitative estimate of drug-likeness (QED) is 0.311. The molecule has 176 valence electrons. The fraction of sp³-hybridized carbons (Fsp3) is 0.500. The van der Waals surface area contributed by atoms with E-state index in [0.29, 0.717) is 18.8 Å². The lowest BCUT2D eigenvalue weighted by molar-refractivity contribution is -0.154. The van der Waals surface area contributed by atoms with Gasteiger partial charge in [-0.25, -0.2) is 4.79 Å². The Morgan fingerprint density at radius 1 is 0.969 bits per heavy atom. The Bertz CT molecular complexity index is 849. The number of halogens is 3. The maximum atomic E-state index is 12.5. The lowest BCUT2D eigenvalue weighted by Crippen LogP contribution is -2.21. The number of carboxylic acid groups (broad SMARTS) is 1. The molecule has 2 aromatic rings. The van der Waals surface area contributed by atoms with Gasteiger partial charge >= 0.3 is 18.2 Å². The largest absolute Gasteiger partial charge is 0.478 e. The summed E-state index contributed by atoms with van der Waals surface area (Å²) in [6.07, 6.45) is 1.57. The highest BCUT2D eigenvalue weighted by Crippen LogP contribution is 2.20. The summed E-state index contributed by atoms with van der Waals surface area (Å²) in [7, 11) is 0. The first-order valence-corrected chi connectivity index (χ1v) is 10.3. The van der Waals surface area contributed by atoms with Crippen LogP contribution >= 0.6 is 0 Å². The Hall–Kier alpha value is -3.15. The number of aromatic carboxylic acids is 1. The van der Waals surface area contributed by atoms with E-state index in [1.165, 1.54) is 24.3 Å². The maximum Gasteiger partial charge on any atom is 0.422 e. The van der Waals surface area contributed by atoms with Crippen molar-refractivity contribution in [3.8, 4) is 6.01 Å². The molecular formula is C20H27F3N6O3. The number of unbranched alkanes of at least 4 members (excludes halogenated alkanes) is 5. The smallest absolute Gasteiger partial charge is 0.422 e. The predicted octanol–water partition coefficient (Wildman–Crippen LogP) is 3.97. The molecular weight excluding hydrogens is 429 g/mol. The number of nitrogens with two attached hydrogens (primary N) is 1. The number of hydrogen-bond donors (Lipinski definition) is 4. The Labute approximate surface area is 183 Å². The van der Waals surface area contributed by atoms with Crippen LogP contribution in [0.25, 0.3) is 0 Å². The summed E-state index contributed by atoms with van der Waals surface area (Å²) in [5, 5.41) is 14.7. The van der Waals surface area contributed by atoms with Crippen molar-refractivity contribution in [1.82, 2.24) is 15.0 Å². The van der Waals surface area contributed by atoms with Crippen LogP contribution in [-0.2, 0) is 0 Å². The number of nitrogens with zero attached hydrogens (tertiary/aromatic N) is 3. The molecule has 0 aliphatic rings. The number of carboxylic acids is 1. The molecule has 12 heteroatoms. The number of carbonyl (C=O) groups is 1. The van der Waals surface area contributed by atoms with Gasteiger partial charge in [-0.2, -0.15) is 28.1 Å². The van der Waals surface area contributed by atoms with Crippen molar-refractivity contribution in [3.63, 3.8) is 0 Å². The fourth-order valence-corrected chi connectivity index (χ4v) is 2.70. The molecule has 9 nitrogen and oxygen atoms in total. The summed E-state index contributed by atoms with van der Waals surface area (Å²) < 4.78 is 42.2. The first kappa shape index (κ1) is 25.1. The molecule has 0 atom stereocenters. The normalized spacial score (nSPS) is 11.2. The predicted molar refractivity (Wildman–Crippen MR) is 113 cm³/mol. The number of alkyl halides is 3. The molecule has 0 fully saturated rings. The number of rotatable bonds is 14.